The summed E-state index contributed by atoms with van der Waals surface area (Å²) >= 11 is 0. The Labute approximate surface area is 331 Å². The van der Waals surface area contributed by atoms with Crippen LogP contribution in [0.4, 0.5) is 4.79 Å². The van der Waals surface area contributed by atoms with Crippen molar-refractivity contribution >= 4 is 23.9 Å². The molecule has 3 aliphatic rings. The summed E-state index contributed by atoms with van der Waals surface area (Å²) in [6.07, 6.45) is -21.4. The molecule has 0 aromatic heterocycles. The number of carboxylic acid groups (broad SMARTS) is 1. The van der Waals surface area contributed by atoms with Gasteiger partial charge in [-0.05, 0) is 18.4 Å². The number of aliphatic hydroxyl groups is 6. The summed E-state index contributed by atoms with van der Waals surface area (Å²) in [4.78, 5) is 40.5. The Balaban J connectivity index is 0.00000784. The van der Waals surface area contributed by atoms with Crippen LogP contribution in [0.15, 0.2) is 35.3 Å². The van der Waals surface area contributed by atoms with Gasteiger partial charge in [-0.3, -0.25) is 9.79 Å². The van der Waals surface area contributed by atoms with Gasteiger partial charge in [-0.2, -0.15) is 0 Å². The molecule has 2 amide bonds. The van der Waals surface area contributed by atoms with E-state index in [1.54, 1.807) is 24.3 Å². The van der Waals surface area contributed by atoms with E-state index in [1.807, 2.05) is 6.07 Å². The Bertz CT molecular complexity index is 1380. The number of aliphatic carboxylic acids is 1. The van der Waals surface area contributed by atoms with Crippen molar-refractivity contribution in [2.75, 3.05) is 26.4 Å². The van der Waals surface area contributed by atoms with Crippen molar-refractivity contribution in [1.29, 1.82) is 0 Å². The molecular formula is C32H46N3NaO18. The number of nitrogens with zero attached hydrogens (tertiary/aromatic N) is 1. The summed E-state index contributed by atoms with van der Waals surface area (Å²) in [5, 5.41) is 89.9. The van der Waals surface area contributed by atoms with E-state index in [2.05, 4.69) is 15.6 Å². The number of carbonyl (C=O) groups excluding carboxylic acids is 2. The van der Waals surface area contributed by atoms with Gasteiger partial charge in [-0.15, -0.1) is 0 Å². The van der Waals surface area contributed by atoms with Crippen LogP contribution in [0.2, 0.25) is 0 Å². The van der Waals surface area contributed by atoms with Crippen molar-refractivity contribution in [2.24, 2.45) is 4.99 Å². The molecule has 0 saturated carbocycles. The SMILES string of the molecule is CC(=O)N[C@H]1[C@H](OCCNC(=O)OCc2ccccc2)O[C@H](CO)[C@@H](O)[C@@H]1O[C@@H]1O[C@H](C(=O)O)[C@@H](O[C@H]2C[C@@H](N=C(C)[O-])[C@H](O)O[C@@H]2CO)[C@H](O)[C@H]1O.[Na+]. The molecule has 0 unspecified atom stereocenters. The molecule has 21 nitrogen and oxygen atoms in total. The van der Waals surface area contributed by atoms with Crippen LogP contribution in [0.3, 0.4) is 0 Å². The molecular weight excluding hydrogens is 737 g/mol. The maximum atomic E-state index is 12.4. The molecule has 54 heavy (non-hydrogen) atoms. The molecule has 1 aromatic carbocycles. The maximum absolute atomic E-state index is 12.4. The van der Waals surface area contributed by atoms with Crippen molar-refractivity contribution in [3.8, 4) is 0 Å². The Hall–Kier alpha value is -2.58. The standard InChI is InChI=1S/C32H47N3O18.Na/c1-14(38)34-17-10-18(19(11-36)50-29(17)45)49-26-23(41)24(42)31(53-27(26)28(43)44)52-25-21(35-15(2)39)30(51-20(12-37)22(25)40)47-9-8-33-32(46)48-13-16-6-4-3-5-7-16;/h3-7,17-27,29-31,36-37,40-42,45H,8-13H2,1-2H3,(H,33,46)(H,34,38)(H,35,39)(H,43,44);/q;+1/p-1/t17-,18+,19-,20-,21-,22-,23-,24-,25-,26+,27+,29-,30-,31-;/m1./s1. The Morgan fingerprint density at radius 3 is 2.20 bits per heavy atom. The number of amides is 2. The average Bonchev–Trinajstić information content (AvgIpc) is 3.11. The van der Waals surface area contributed by atoms with Gasteiger partial charge < -0.3 is 84.6 Å². The predicted molar refractivity (Wildman–Crippen MR) is 171 cm³/mol. The molecule has 4 rings (SSSR count). The second-order valence-electron chi connectivity index (χ2n) is 12.5. The summed E-state index contributed by atoms with van der Waals surface area (Å²) in [7, 11) is 0. The van der Waals surface area contributed by atoms with E-state index in [9.17, 15) is 55.2 Å². The molecule has 0 spiro atoms. The number of ether oxygens (including phenoxy) is 7. The van der Waals surface area contributed by atoms with Crippen molar-refractivity contribution in [3.63, 3.8) is 0 Å². The van der Waals surface area contributed by atoms with Gasteiger partial charge in [0.1, 0.15) is 61.4 Å². The van der Waals surface area contributed by atoms with Crippen molar-refractivity contribution < 1.29 is 118 Å². The zero-order valence-electron chi connectivity index (χ0n) is 29.8. The second-order valence-corrected chi connectivity index (χ2v) is 12.5. The molecule has 22 heteroatoms. The molecule has 9 N–H and O–H groups in total. The first kappa shape index (κ1) is 45.8. The fraction of sp³-hybridized carbons (Fsp3) is 0.688. The number of hydrogen-bond acceptors (Lipinski definition) is 18. The topological polar surface area (TPSA) is 317 Å². The molecule has 3 heterocycles. The number of carbonyl (C=O) groups is 3. The molecule has 298 valence electrons. The van der Waals surface area contributed by atoms with Crippen LogP contribution in [0, 0.1) is 0 Å². The van der Waals surface area contributed by atoms with Crippen LogP contribution in [0.1, 0.15) is 25.8 Å². The Morgan fingerprint density at radius 2 is 1.59 bits per heavy atom. The van der Waals surface area contributed by atoms with Crippen molar-refractivity contribution in [3.05, 3.63) is 35.9 Å². The summed E-state index contributed by atoms with van der Waals surface area (Å²) in [5.41, 5.74) is 0.759. The van der Waals surface area contributed by atoms with Crippen LogP contribution in [0.5, 0.6) is 0 Å². The monoisotopic (exact) mass is 783 g/mol. The molecule has 3 fully saturated rings. The Morgan fingerprint density at radius 1 is 0.907 bits per heavy atom. The van der Waals surface area contributed by atoms with E-state index < -0.39 is 123 Å². The third-order valence-corrected chi connectivity index (χ3v) is 8.56. The van der Waals surface area contributed by atoms with Gasteiger partial charge in [0, 0.05) is 19.9 Å². The molecule has 3 saturated heterocycles. The van der Waals surface area contributed by atoms with Crippen LogP contribution >= 0.6 is 0 Å². The van der Waals surface area contributed by atoms with Crippen LogP contribution in [-0.4, -0.2) is 172 Å². The first-order valence-electron chi connectivity index (χ1n) is 16.7. The van der Waals surface area contributed by atoms with E-state index in [1.165, 1.54) is 0 Å². The van der Waals surface area contributed by atoms with Gasteiger partial charge in [-0.25, -0.2) is 9.59 Å². The molecule has 3 aliphatic heterocycles. The number of alkyl carbamates (subject to hydrolysis) is 1. The minimum absolute atomic E-state index is 0. The van der Waals surface area contributed by atoms with E-state index in [0.29, 0.717) is 0 Å². The van der Waals surface area contributed by atoms with E-state index in [0.717, 1.165) is 19.4 Å². The van der Waals surface area contributed by atoms with Gasteiger partial charge in [0.15, 0.2) is 25.0 Å². The molecule has 1 aromatic rings. The smallest absolute Gasteiger partial charge is 0.862 e. The number of hydrogen-bond donors (Lipinski definition) is 9. The predicted octanol–water partition coefficient (Wildman–Crippen LogP) is -7.57. The third-order valence-electron chi connectivity index (χ3n) is 8.56. The van der Waals surface area contributed by atoms with Gasteiger partial charge in [-0.1, -0.05) is 30.3 Å². The summed E-state index contributed by atoms with van der Waals surface area (Å²) in [5.74, 6) is -3.00. The summed E-state index contributed by atoms with van der Waals surface area (Å²) < 4.78 is 39.0. The quantitative estimate of drug-likeness (QED) is 0.0345. The summed E-state index contributed by atoms with van der Waals surface area (Å²) in [6, 6.07) is 6.37. The minimum Gasteiger partial charge on any atom is -0.862 e. The van der Waals surface area contributed by atoms with Crippen molar-refractivity contribution in [2.45, 2.75) is 113 Å². The number of carboxylic acids is 1. The second kappa shape index (κ2) is 21.6. The van der Waals surface area contributed by atoms with E-state index >= 15 is 0 Å². The largest absolute Gasteiger partial charge is 1.00 e. The molecule has 14 atom stereocenters. The number of aliphatic hydroxyl groups excluding tert-OH is 6. The van der Waals surface area contributed by atoms with Crippen LogP contribution in [0.25, 0.3) is 0 Å². The number of benzene rings is 1. The fourth-order valence-corrected chi connectivity index (χ4v) is 6.04. The molecule has 0 bridgehead atoms. The minimum atomic E-state index is -2.07. The third kappa shape index (κ3) is 12.2. The number of aliphatic imine (C=N–C) groups is 1. The zero-order valence-corrected chi connectivity index (χ0v) is 31.8. The van der Waals surface area contributed by atoms with Crippen LogP contribution in [-0.2, 0) is 49.4 Å². The van der Waals surface area contributed by atoms with E-state index in [4.69, 9.17) is 33.2 Å². The summed E-state index contributed by atoms with van der Waals surface area (Å²) in [6.45, 7) is 0.414. The van der Waals surface area contributed by atoms with Gasteiger partial charge in [0.25, 0.3) is 0 Å². The van der Waals surface area contributed by atoms with Crippen LogP contribution < -0.4 is 45.3 Å². The zero-order chi connectivity index (χ0) is 38.8. The normalized spacial score (nSPS) is 35.7. The van der Waals surface area contributed by atoms with Gasteiger partial charge in [0.05, 0.1) is 25.9 Å². The number of nitrogens with one attached hydrogen (secondary N) is 2. The molecule has 0 radical (unpaired) electrons. The maximum Gasteiger partial charge on any atom is 1.00 e. The average molecular weight is 784 g/mol. The first-order valence-corrected chi connectivity index (χ1v) is 16.7. The van der Waals surface area contributed by atoms with Crippen molar-refractivity contribution in [1.82, 2.24) is 10.6 Å². The Kier molecular flexibility index (Phi) is 18.4. The van der Waals surface area contributed by atoms with Gasteiger partial charge in [0.2, 0.25) is 5.91 Å². The molecule has 0 aliphatic carbocycles. The number of rotatable bonds is 15. The first-order chi connectivity index (χ1) is 25.2. The fourth-order valence-electron chi connectivity index (χ4n) is 6.04. The van der Waals surface area contributed by atoms with Gasteiger partial charge >= 0.3 is 41.6 Å². The van der Waals surface area contributed by atoms with E-state index in [-0.39, 0.29) is 55.7 Å².